The molecule has 1 aliphatic carbocycles. The van der Waals surface area contributed by atoms with Gasteiger partial charge >= 0.3 is 0 Å². The van der Waals surface area contributed by atoms with E-state index in [0.29, 0.717) is 44.8 Å². The van der Waals surface area contributed by atoms with Crippen molar-refractivity contribution in [2.75, 3.05) is 19.6 Å². The summed E-state index contributed by atoms with van der Waals surface area (Å²) in [5, 5.41) is 3.03. The van der Waals surface area contributed by atoms with Gasteiger partial charge in [0.15, 0.2) is 0 Å². The number of benzene rings is 1. The van der Waals surface area contributed by atoms with E-state index in [1.54, 1.807) is 18.5 Å². The van der Waals surface area contributed by atoms with Crippen LogP contribution in [0.5, 0.6) is 0 Å². The molecule has 2 amide bonds. The predicted molar refractivity (Wildman–Crippen MR) is 122 cm³/mol. The van der Waals surface area contributed by atoms with Gasteiger partial charge in [0.2, 0.25) is 11.8 Å². The third kappa shape index (κ3) is 4.71. The van der Waals surface area contributed by atoms with Gasteiger partial charge in [-0.2, -0.15) is 0 Å². The number of amides is 2. The van der Waals surface area contributed by atoms with Crippen LogP contribution in [0.25, 0.3) is 11.1 Å². The van der Waals surface area contributed by atoms with Crippen LogP contribution in [-0.2, 0) is 16.0 Å². The molecule has 4 rings (SSSR count). The third-order valence-corrected chi connectivity index (χ3v) is 6.83. The molecule has 0 bridgehead atoms. The molecule has 1 aliphatic heterocycles. The van der Waals surface area contributed by atoms with Crippen LogP contribution < -0.4 is 5.32 Å². The van der Waals surface area contributed by atoms with E-state index in [0.717, 1.165) is 23.1 Å². The summed E-state index contributed by atoms with van der Waals surface area (Å²) in [5.41, 5.74) is 2.86. The fourth-order valence-electron chi connectivity index (χ4n) is 4.69. The Bertz CT molecular complexity index is 948. The van der Waals surface area contributed by atoms with Crippen molar-refractivity contribution in [2.45, 2.75) is 32.6 Å². The maximum atomic E-state index is 13.2. The predicted octanol–water partition coefficient (Wildman–Crippen LogP) is 3.86. The summed E-state index contributed by atoms with van der Waals surface area (Å²) in [4.78, 5) is 32.0. The SMILES string of the molecule is C=CCNC(=O)C1(Cc2cccc(-c3ccncc3)c2)CCN(C(=O)[C@@H]2C[C@H]2C)CC1. The first-order valence-electron chi connectivity index (χ1n) is 11.2. The molecule has 1 saturated heterocycles. The number of carbonyl (C=O) groups is 2. The lowest BCUT2D eigenvalue weighted by molar-refractivity contribution is -0.141. The molecule has 1 aromatic carbocycles. The highest BCUT2D eigenvalue weighted by atomic mass is 16.2. The molecule has 0 spiro atoms. The van der Waals surface area contributed by atoms with Crippen molar-refractivity contribution in [3.05, 3.63) is 67.0 Å². The summed E-state index contributed by atoms with van der Waals surface area (Å²) in [7, 11) is 0. The Balaban J connectivity index is 1.53. The topological polar surface area (TPSA) is 62.3 Å². The van der Waals surface area contributed by atoms with Gasteiger partial charge in [-0.05, 0) is 60.4 Å². The molecule has 2 aliphatic rings. The van der Waals surface area contributed by atoms with E-state index in [9.17, 15) is 9.59 Å². The fourth-order valence-corrected chi connectivity index (χ4v) is 4.69. The zero-order valence-electron chi connectivity index (χ0n) is 18.2. The Kier molecular flexibility index (Phi) is 6.21. The van der Waals surface area contributed by atoms with Gasteiger partial charge in [0, 0.05) is 37.9 Å². The Morgan fingerprint density at radius 3 is 2.55 bits per heavy atom. The Labute approximate surface area is 184 Å². The average Bonchev–Trinajstić information content (AvgIpc) is 3.54. The number of hydrogen-bond acceptors (Lipinski definition) is 3. The van der Waals surface area contributed by atoms with Gasteiger partial charge in [-0.25, -0.2) is 0 Å². The zero-order chi connectivity index (χ0) is 21.8. The van der Waals surface area contributed by atoms with Crippen molar-refractivity contribution in [1.82, 2.24) is 15.2 Å². The van der Waals surface area contributed by atoms with Gasteiger partial charge in [0.1, 0.15) is 0 Å². The van der Waals surface area contributed by atoms with Crippen LogP contribution in [0.2, 0.25) is 0 Å². The molecule has 2 aromatic rings. The first-order valence-corrected chi connectivity index (χ1v) is 11.2. The van der Waals surface area contributed by atoms with Gasteiger partial charge in [-0.15, -0.1) is 6.58 Å². The molecule has 31 heavy (non-hydrogen) atoms. The second kappa shape index (κ2) is 9.04. The van der Waals surface area contributed by atoms with Gasteiger partial charge in [0.25, 0.3) is 0 Å². The summed E-state index contributed by atoms with van der Waals surface area (Å²) in [6.45, 7) is 7.61. The maximum absolute atomic E-state index is 13.2. The summed E-state index contributed by atoms with van der Waals surface area (Å²) in [5.74, 6) is 1.03. The Morgan fingerprint density at radius 1 is 1.19 bits per heavy atom. The number of likely N-dealkylation sites (tertiary alicyclic amines) is 1. The van der Waals surface area contributed by atoms with E-state index < -0.39 is 5.41 Å². The van der Waals surface area contributed by atoms with Crippen molar-refractivity contribution >= 4 is 11.8 Å². The minimum Gasteiger partial charge on any atom is -0.352 e. The number of pyridine rings is 1. The van der Waals surface area contributed by atoms with Crippen molar-refractivity contribution < 1.29 is 9.59 Å². The molecular formula is C26H31N3O2. The second-order valence-corrected chi connectivity index (χ2v) is 9.04. The molecule has 1 saturated carbocycles. The Morgan fingerprint density at radius 2 is 1.90 bits per heavy atom. The lowest BCUT2D eigenvalue weighted by atomic mass is 9.72. The van der Waals surface area contributed by atoms with Crippen molar-refractivity contribution in [2.24, 2.45) is 17.3 Å². The van der Waals surface area contributed by atoms with Gasteiger partial charge < -0.3 is 10.2 Å². The molecule has 1 N–H and O–H groups in total. The van der Waals surface area contributed by atoms with E-state index in [-0.39, 0.29) is 17.7 Å². The first-order chi connectivity index (χ1) is 15.0. The first kappa shape index (κ1) is 21.3. The minimum absolute atomic E-state index is 0.0635. The van der Waals surface area contributed by atoms with E-state index in [1.165, 1.54) is 0 Å². The second-order valence-electron chi connectivity index (χ2n) is 9.04. The average molecular weight is 418 g/mol. The lowest BCUT2D eigenvalue weighted by Crippen LogP contribution is -2.51. The fraction of sp³-hybridized carbons (Fsp3) is 0.423. The molecular weight excluding hydrogens is 386 g/mol. The van der Waals surface area contributed by atoms with E-state index in [1.807, 2.05) is 23.1 Å². The monoisotopic (exact) mass is 417 g/mol. The van der Waals surface area contributed by atoms with Crippen LogP contribution in [0.15, 0.2) is 61.4 Å². The van der Waals surface area contributed by atoms with Crippen molar-refractivity contribution in [3.63, 3.8) is 0 Å². The zero-order valence-corrected chi connectivity index (χ0v) is 18.2. The number of rotatable bonds is 7. The molecule has 5 heteroatoms. The number of piperidine rings is 1. The molecule has 2 atom stereocenters. The summed E-state index contributed by atoms with van der Waals surface area (Å²) < 4.78 is 0. The van der Waals surface area contributed by atoms with Gasteiger partial charge in [-0.1, -0.05) is 37.3 Å². The Hall–Kier alpha value is -2.95. The minimum atomic E-state index is -0.508. The summed E-state index contributed by atoms with van der Waals surface area (Å²) in [6, 6.07) is 12.4. The molecule has 5 nitrogen and oxygen atoms in total. The lowest BCUT2D eigenvalue weighted by Gasteiger charge is -2.41. The highest BCUT2D eigenvalue weighted by Crippen LogP contribution is 2.42. The number of carbonyl (C=O) groups excluding carboxylic acids is 2. The standard InChI is InChI=1S/C26H31N3O2/c1-3-11-28-25(31)26(9-14-29(15-10-26)24(30)23-16-19(23)2)18-20-5-4-6-22(17-20)21-7-12-27-13-8-21/h3-8,12-13,17,19,23H,1,9-11,14-16,18H2,2H3,(H,28,31)/t19-,23-/m1/s1. The molecule has 1 aromatic heterocycles. The van der Waals surface area contributed by atoms with E-state index in [2.05, 4.69) is 42.0 Å². The highest BCUT2D eigenvalue weighted by Gasteiger charge is 2.46. The number of hydrogen-bond donors (Lipinski definition) is 1. The van der Waals surface area contributed by atoms with Crippen LogP contribution in [-0.4, -0.2) is 41.3 Å². The van der Waals surface area contributed by atoms with Gasteiger partial charge in [-0.3, -0.25) is 14.6 Å². The quantitative estimate of drug-likeness (QED) is 0.696. The van der Waals surface area contributed by atoms with E-state index in [4.69, 9.17) is 0 Å². The third-order valence-electron chi connectivity index (χ3n) is 6.83. The largest absolute Gasteiger partial charge is 0.352 e. The van der Waals surface area contributed by atoms with Crippen LogP contribution in [0, 0.1) is 17.3 Å². The number of aromatic nitrogens is 1. The normalized spacial score (nSPS) is 21.9. The van der Waals surface area contributed by atoms with Crippen molar-refractivity contribution in [3.8, 4) is 11.1 Å². The smallest absolute Gasteiger partial charge is 0.226 e. The van der Waals surface area contributed by atoms with Crippen LogP contribution in [0.3, 0.4) is 0 Å². The molecule has 0 unspecified atom stereocenters. The number of nitrogens with one attached hydrogen (secondary N) is 1. The van der Waals surface area contributed by atoms with Crippen molar-refractivity contribution in [1.29, 1.82) is 0 Å². The van der Waals surface area contributed by atoms with Crippen LogP contribution in [0.4, 0.5) is 0 Å². The molecule has 2 heterocycles. The summed E-state index contributed by atoms with van der Waals surface area (Å²) >= 11 is 0. The maximum Gasteiger partial charge on any atom is 0.226 e. The van der Waals surface area contributed by atoms with Crippen LogP contribution in [0.1, 0.15) is 31.7 Å². The number of nitrogens with zero attached hydrogens (tertiary/aromatic N) is 2. The van der Waals surface area contributed by atoms with Gasteiger partial charge in [0.05, 0.1) is 5.41 Å². The molecule has 2 fully saturated rings. The molecule has 0 radical (unpaired) electrons. The van der Waals surface area contributed by atoms with Crippen LogP contribution >= 0.6 is 0 Å². The molecule has 162 valence electrons. The van der Waals surface area contributed by atoms with E-state index >= 15 is 0 Å². The summed E-state index contributed by atoms with van der Waals surface area (Å²) in [6.07, 6.45) is 8.33. The highest BCUT2D eigenvalue weighted by molar-refractivity contribution is 5.85.